The molecule has 6 nitrogen and oxygen atoms in total. The molecule has 2 aromatic rings. The number of hydrogen-bond acceptors (Lipinski definition) is 5. The molecule has 21 heavy (non-hydrogen) atoms. The number of carbonyl (C=O) groups excluding carboxylic acids is 1. The molecule has 0 aliphatic rings. The van der Waals surface area contributed by atoms with Crippen molar-refractivity contribution < 1.29 is 14.7 Å². The van der Waals surface area contributed by atoms with Crippen LogP contribution in [0.5, 0.6) is 0 Å². The summed E-state index contributed by atoms with van der Waals surface area (Å²) in [5.41, 5.74) is 1.29. The minimum Gasteiger partial charge on any atom is -0.481 e. The molecule has 0 bridgehead atoms. The largest absolute Gasteiger partial charge is 0.481 e. The number of carbonyl (C=O) groups is 2. The fourth-order valence-electron chi connectivity index (χ4n) is 1.90. The van der Waals surface area contributed by atoms with E-state index >= 15 is 0 Å². The summed E-state index contributed by atoms with van der Waals surface area (Å²) in [6.07, 6.45) is 1.88. The van der Waals surface area contributed by atoms with Gasteiger partial charge in [0.05, 0.1) is 17.9 Å². The molecule has 1 aromatic carbocycles. The highest BCUT2D eigenvalue weighted by Gasteiger charge is 2.18. The molecule has 2 rings (SSSR count). The Bertz CT molecular complexity index is 587. The molecule has 7 heteroatoms. The van der Waals surface area contributed by atoms with Crippen LogP contribution in [0.2, 0.25) is 0 Å². The fraction of sp³-hybridized carbons (Fsp3) is 0.286. The molecule has 0 atom stereocenters. The monoisotopic (exact) mass is 305 g/mol. The molecular weight excluding hydrogens is 290 g/mol. The molecule has 0 aliphatic carbocycles. The maximum Gasteiger partial charge on any atom is 0.303 e. The number of nitrogens with zero attached hydrogens (tertiary/aromatic N) is 3. The van der Waals surface area contributed by atoms with E-state index in [9.17, 15) is 9.59 Å². The molecule has 0 saturated carbocycles. The Kier molecular flexibility index (Phi) is 5.39. The first-order valence-electron chi connectivity index (χ1n) is 6.49. The molecule has 1 heterocycles. The lowest BCUT2D eigenvalue weighted by Gasteiger charge is -2.21. The lowest BCUT2D eigenvalue weighted by molar-refractivity contribution is -0.137. The van der Waals surface area contributed by atoms with Crippen molar-refractivity contribution in [2.75, 3.05) is 6.54 Å². The van der Waals surface area contributed by atoms with Crippen LogP contribution >= 0.6 is 11.7 Å². The van der Waals surface area contributed by atoms with Crippen LogP contribution < -0.4 is 0 Å². The first kappa shape index (κ1) is 15.1. The van der Waals surface area contributed by atoms with Crippen molar-refractivity contribution in [2.24, 2.45) is 0 Å². The van der Waals surface area contributed by atoms with Crippen LogP contribution in [-0.4, -0.2) is 37.2 Å². The van der Waals surface area contributed by atoms with E-state index in [1.54, 1.807) is 4.90 Å². The highest BCUT2D eigenvalue weighted by atomic mass is 32.1. The van der Waals surface area contributed by atoms with Crippen molar-refractivity contribution in [3.63, 3.8) is 0 Å². The summed E-state index contributed by atoms with van der Waals surface area (Å²) in [6, 6.07) is 9.57. The van der Waals surface area contributed by atoms with Crippen molar-refractivity contribution in [2.45, 2.75) is 19.4 Å². The summed E-state index contributed by atoms with van der Waals surface area (Å²) in [5, 5.41) is 8.71. The number of hydrogen-bond donors (Lipinski definition) is 1. The summed E-state index contributed by atoms with van der Waals surface area (Å²) < 4.78 is 7.78. The Morgan fingerprint density at radius 1 is 1.24 bits per heavy atom. The Balaban J connectivity index is 2.06. The zero-order chi connectivity index (χ0) is 15.1. The van der Waals surface area contributed by atoms with Gasteiger partial charge in [0.2, 0.25) is 0 Å². The van der Waals surface area contributed by atoms with Gasteiger partial charge in [-0.15, -0.1) is 0 Å². The zero-order valence-electron chi connectivity index (χ0n) is 11.3. The van der Waals surface area contributed by atoms with E-state index in [1.807, 2.05) is 30.3 Å². The second kappa shape index (κ2) is 7.49. The van der Waals surface area contributed by atoms with E-state index in [4.69, 9.17) is 5.11 Å². The average Bonchev–Trinajstić information content (AvgIpc) is 3.00. The van der Waals surface area contributed by atoms with E-state index in [0.29, 0.717) is 25.2 Å². The van der Waals surface area contributed by atoms with E-state index < -0.39 is 5.97 Å². The number of aromatic nitrogens is 2. The highest BCUT2D eigenvalue weighted by molar-refractivity contribution is 6.99. The summed E-state index contributed by atoms with van der Waals surface area (Å²) in [7, 11) is 0. The van der Waals surface area contributed by atoms with Crippen molar-refractivity contribution in [1.29, 1.82) is 0 Å². The number of rotatable bonds is 7. The zero-order valence-corrected chi connectivity index (χ0v) is 12.1. The molecule has 110 valence electrons. The van der Waals surface area contributed by atoms with Crippen LogP contribution in [-0.2, 0) is 11.3 Å². The first-order chi connectivity index (χ1) is 10.2. The van der Waals surface area contributed by atoms with Crippen molar-refractivity contribution in [1.82, 2.24) is 13.6 Å². The Hall–Kier alpha value is -2.28. The SMILES string of the molecule is O=C(O)CCCN(Cc1ccccc1)C(=O)c1cnsn1. The van der Waals surface area contributed by atoms with Crippen LogP contribution in [0.4, 0.5) is 0 Å². The maximum absolute atomic E-state index is 12.4. The van der Waals surface area contributed by atoms with Gasteiger partial charge in [-0.25, -0.2) is 0 Å². The van der Waals surface area contributed by atoms with Gasteiger partial charge in [0.1, 0.15) is 0 Å². The molecule has 1 amide bonds. The van der Waals surface area contributed by atoms with Crippen molar-refractivity contribution >= 4 is 23.6 Å². The summed E-state index contributed by atoms with van der Waals surface area (Å²) >= 11 is 0.979. The van der Waals surface area contributed by atoms with E-state index in [-0.39, 0.29) is 12.3 Å². The molecule has 0 aliphatic heterocycles. The van der Waals surface area contributed by atoms with E-state index in [1.165, 1.54) is 6.20 Å². The van der Waals surface area contributed by atoms with Crippen molar-refractivity contribution in [3.8, 4) is 0 Å². The second-order valence-electron chi connectivity index (χ2n) is 4.50. The molecule has 0 saturated heterocycles. The van der Waals surface area contributed by atoms with Gasteiger partial charge in [0.15, 0.2) is 5.69 Å². The lowest BCUT2D eigenvalue weighted by atomic mass is 10.2. The normalized spacial score (nSPS) is 10.3. The lowest BCUT2D eigenvalue weighted by Crippen LogP contribution is -2.32. The molecule has 1 N–H and O–H groups in total. The van der Waals surface area contributed by atoms with Gasteiger partial charge >= 0.3 is 5.97 Å². The van der Waals surface area contributed by atoms with E-state index in [0.717, 1.165) is 17.3 Å². The number of carboxylic acids is 1. The van der Waals surface area contributed by atoms with Crippen LogP contribution in [0, 0.1) is 0 Å². The van der Waals surface area contributed by atoms with Crippen molar-refractivity contribution in [3.05, 3.63) is 47.8 Å². The van der Waals surface area contributed by atoms with Crippen LogP contribution in [0.15, 0.2) is 36.5 Å². The third-order valence-electron chi connectivity index (χ3n) is 2.90. The Labute approximate surface area is 126 Å². The van der Waals surface area contributed by atoms with Gasteiger partial charge in [-0.2, -0.15) is 8.75 Å². The fourth-order valence-corrected chi connectivity index (χ4v) is 2.31. The molecule has 0 spiro atoms. The Morgan fingerprint density at radius 2 is 2.00 bits per heavy atom. The van der Waals surface area contributed by atoms with Gasteiger partial charge < -0.3 is 10.0 Å². The molecule has 0 fully saturated rings. The van der Waals surface area contributed by atoms with Gasteiger partial charge in [0.25, 0.3) is 5.91 Å². The standard InChI is InChI=1S/C14H15N3O3S/c18-13(19)7-4-8-17(10-11-5-2-1-3-6-11)14(20)12-9-15-21-16-12/h1-3,5-6,9H,4,7-8,10H2,(H,18,19). The third kappa shape index (κ3) is 4.64. The average molecular weight is 305 g/mol. The number of benzene rings is 1. The molecule has 1 aromatic heterocycles. The van der Waals surface area contributed by atoms with Gasteiger partial charge in [0, 0.05) is 19.5 Å². The molecule has 0 radical (unpaired) electrons. The third-order valence-corrected chi connectivity index (χ3v) is 3.38. The highest BCUT2D eigenvalue weighted by Crippen LogP contribution is 2.10. The summed E-state index contributed by atoms with van der Waals surface area (Å²) in [6.45, 7) is 0.800. The number of amides is 1. The topological polar surface area (TPSA) is 83.4 Å². The molecule has 0 unspecified atom stereocenters. The van der Waals surface area contributed by atoms with Gasteiger partial charge in [-0.05, 0) is 12.0 Å². The number of carboxylic acid groups (broad SMARTS) is 1. The van der Waals surface area contributed by atoms with Crippen LogP contribution in [0.1, 0.15) is 28.9 Å². The minimum absolute atomic E-state index is 0.0356. The van der Waals surface area contributed by atoms with Crippen LogP contribution in [0.25, 0.3) is 0 Å². The van der Waals surface area contributed by atoms with E-state index in [2.05, 4.69) is 8.75 Å². The quantitative estimate of drug-likeness (QED) is 0.846. The second-order valence-corrected chi connectivity index (χ2v) is 5.06. The first-order valence-corrected chi connectivity index (χ1v) is 7.22. The van der Waals surface area contributed by atoms with Gasteiger partial charge in [-0.3, -0.25) is 9.59 Å². The Morgan fingerprint density at radius 3 is 2.62 bits per heavy atom. The summed E-state index contributed by atoms with van der Waals surface area (Å²) in [5.74, 6) is -1.09. The smallest absolute Gasteiger partial charge is 0.303 e. The minimum atomic E-state index is -0.863. The van der Waals surface area contributed by atoms with Crippen LogP contribution in [0.3, 0.4) is 0 Å². The summed E-state index contributed by atoms with van der Waals surface area (Å²) in [4.78, 5) is 24.6. The predicted molar refractivity (Wildman–Crippen MR) is 78.0 cm³/mol. The molecular formula is C14H15N3O3S. The maximum atomic E-state index is 12.4. The number of aliphatic carboxylic acids is 1. The predicted octanol–water partition coefficient (Wildman–Crippen LogP) is 2.05. The van der Waals surface area contributed by atoms with Gasteiger partial charge in [-0.1, -0.05) is 30.3 Å².